The zero-order valence-corrected chi connectivity index (χ0v) is 12.0. The largest absolute Gasteiger partial charge is 0.343 e. The Morgan fingerprint density at radius 1 is 0.875 bits per heavy atom. The van der Waals surface area contributed by atoms with Crippen molar-refractivity contribution in [1.29, 1.82) is 0 Å². The monoisotopic (exact) mass is 266 g/mol. The predicted octanol–water partition coefficient (Wildman–Crippen LogP) is 2.12. The fraction of sp³-hybridized carbons (Fsp3) is 0.909. The molecule has 0 aromatic heterocycles. The molecule has 0 aliphatic carbocycles. The zero-order valence-electron chi connectivity index (χ0n) is 10.5. The van der Waals surface area contributed by atoms with Gasteiger partial charge in [0, 0.05) is 21.7 Å². The van der Waals surface area contributed by atoms with Crippen molar-refractivity contribution in [2.75, 3.05) is 19.8 Å². The molecular weight excluding hydrogens is 244 g/mol. The van der Waals surface area contributed by atoms with Crippen LogP contribution in [0.2, 0.25) is 0 Å². The van der Waals surface area contributed by atoms with Gasteiger partial charge in [0.2, 0.25) is 6.29 Å². The van der Waals surface area contributed by atoms with Crippen molar-refractivity contribution in [3.05, 3.63) is 0 Å². The van der Waals surface area contributed by atoms with Crippen molar-refractivity contribution in [2.45, 2.75) is 46.0 Å². The Labute approximate surface area is 113 Å². The van der Waals surface area contributed by atoms with Gasteiger partial charge in [-0.05, 0) is 19.3 Å². The van der Waals surface area contributed by atoms with Gasteiger partial charge >= 0.3 is 5.97 Å². The fourth-order valence-corrected chi connectivity index (χ4v) is 0.960. The summed E-state index contributed by atoms with van der Waals surface area (Å²) in [6, 6.07) is 0. The third kappa shape index (κ3) is 7.52. The van der Waals surface area contributed by atoms with Gasteiger partial charge in [-0.3, -0.25) is 4.79 Å². The Kier molecular flexibility index (Phi) is 13.7. The zero-order chi connectivity index (χ0) is 11.6. The number of aldehydes is 1. The maximum atomic E-state index is 11.0. The second-order valence-corrected chi connectivity index (χ2v) is 3.27. The predicted molar refractivity (Wildman–Crippen MR) is 57.5 cm³/mol. The number of carbonyl (C=O) groups excluding carboxylic acids is 1. The van der Waals surface area contributed by atoms with Crippen LogP contribution in [0.15, 0.2) is 0 Å². The van der Waals surface area contributed by atoms with E-state index in [1.54, 1.807) is 0 Å². The first-order chi connectivity index (χ1) is 7.24. The van der Waals surface area contributed by atoms with Crippen LogP contribution < -0.4 is 0 Å². The van der Waals surface area contributed by atoms with Crippen LogP contribution in [0.25, 0.3) is 0 Å². The number of rotatable bonds is 10. The van der Waals surface area contributed by atoms with Crippen LogP contribution in [0.3, 0.4) is 0 Å². The fourth-order valence-electron chi connectivity index (χ4n) is 0.960. The van der Waals surface area contributed by atoms with Crippen LogP contribution in [0.4, 0.5) is 0 Å². The van der Waals surface area contributed by atoms with E-state index in [0.29, 0.717) is 26.1 Å². The Bertz CT molecular complexity index is 142. The van der Waals surface area contributed by atoms with Crippen molar-refractivity contribution < 1.29 is 40.7 Å². The summed E-state index contributed by atoms with van der Waals surface area (Å²) < 4.78 is 16.0. The van der Waals surface area contributed by atoms with Gasteiger partial charge < -0.3 is 14.2 Å². The Morgan fingerprint density at radius 3 is 1.38 bits per heavy atom. The van der Waals surface area contributed by atoms with Crippen LogP contribution >= 0.6 is 0 Å². The number of hydrogen-bond acceptors (Lipinski definition) is 4. The summed E-state index contributed by atoms with van der Waals surface area (Å²) in [4.78, 5) is 11.0. The molecular formula is C11H22O4Ti. The van der Waals surface area contributed by atoms with Crippen molar-refractivity contribution in [3.63, 3.8) is 0 Å². The van der Waals surface area contributed by atoms with E-state index in [9.17, 15) is 4.79 Å². The second kappa shape index (κ2) is 11.7. The minimum atomic E-state index is -1.48. The van der Waals surface area contributed by atoms with Crippen LogP contribution in [-0.4, -0.2) is 32.1 Å². The van der Waals surface area contributed by atoms with E-state index in [0.717, 1.165) is 19.3 Å². The van der Waals surface area contributed by atoms with Crippen LogP contribution in [-0.2, 0) is 40.7 Å². The second-order valence-electron chi connectivity index (χ2n) is 3.27. The number of carbonyl (C=O) groups is 1. The van der Waals surface area contributed by atoms with Gasteiger partial charge in [-0.15, -0.1) is 0 Å². The summed E-state index contributed by atoms with van der Waals surface area (Å²) in [5.74, 6) is -1.48. The molecule has 0 aliphatic heterocycles. The van der Waals surface area contributed by atoms with E-state index in [2.05, 4.69) is 0 Å². The molecule has 0 aromatic carbocycles. The third-order valence-electron chi connectivity index (χ3n) is 1.67. The molecule has 0 heterocycles. The Balaban J connectivity index is 0. The quantitative estimate of drug-likeness (QED) is 0.345. The molecule has 0 aromatic rings. The Morgan fingerprint density at radius 2 is 1.19 bits per heavy atom. The molecule has 0 saturated carbocycles. The van der Waals surface area contributed by atoms with E-state index in [1.807, 2.05) is 20.8 Å². The summed E-state index contributed by atoms with van der Waals surface area (Å²) in [5, 5.41) is 0. The molecule has 0 rings (SSSR count). The van der Waals surface area contributed by atoms with Gasteiger partial charge in [0.05, 0.1) is 19.8 Å². The molecule has 94 valence electrons. The standard InChI is InChI=1S/C11H22O4.Ti/c1-4-7-13-11(10-12,14-8-5-2)15-9-6-3;/h10H,4-9H2,1-3H3;. The maximum Gasteiger partial charge on any atom is 0.343 e. The normalized spacial score (nSPS) is 10.9. The molecule has 0 fully saturated rings. The molecule has 4 nitrogen and oxygen atoms in total. The molecule has 0 atom stereocenters. The maximum absolute atomic E-state index is 11.0. The number of ether oxygens (including phenoxy) is 3. The SMILES string of the molecule is CCCOC(C=O)(OCCC)OCCC.[Ti]. The van der Waals surface area contributed by atoms with Crippen LogP contribution in [0.5, 0.6) is 0 Å². The smallest absolute Gasteiger partial charge is 0.321 e. The average Bonchev–Trinajstić information content (AvgIpc) is 2.29. The minimum Gasteiger partial charge on any atom is -0.321 e. The molecule has 0 aliphatic rings. The van der Waals surface area contributed by atoms with Gasteiger partial charge in [0.15, 0.2) is 0 Å². The van der Waals surface area contributed by atoms with E-state index in [4.69, 9.17) is 14.2 Å². The first-order valence-corrected chi connectivity index (χ1v) is 5.62. The van der Waals surface area contributed by atoms with E-state index < -0.39 is 5.97 Å². The molecule has 5 heteroatoms. The van der Waals surface area contributed by atoms with Gasteiger partial charge in [0.25, 0.3) is 0 Å². The van der Waals surface area contributed by atoms with Crippen molar-refractivity contribution >= 4 is 6.29 Å². The van der Waals surface area contributed by atoms with Gasteiger partial charge in [-0.2, -0.15) is 0 Å². The molecule has 0 radical (unpaired) electrons. The van der Waals surface area contributed by atoms with E-state index in [-0.39, 0.29) is 21.7 Å². The van der Waals surface area contributed by atoms with E-state index in [1.165, 1.54) is 0 Å². The van der Waals surface area contributed by atoms with Crippen LogP contribution in [0, 0.1) is 0 Å². The van der Waals surface area contributed by atoms with Gasteiger partial charge in [-0.1, -0.05) is 20.8 Å². The molecule has 0 N–H and O–H groups in total. The molecule has 16 heavy (non-hydrogen) atoms. The summed E-state index contributed by atoms with van der Waals surface area (Å²) in [7, 11) is 0. The first kappa shape index (κ1) is 18.6. The first-order valence-electron chi connectivity index (χ1n) is 5.62. The molecule has 0 spiro atoms. The molecule has 0 amide bonds. The van der Waals surface area contributed by atoms with Crippen LogP contribution in [0.1, 0.15) is 40.0 Å². The molecule has 0 saturated heterocycles. The summed E-state index contributed by atoms with van der Waals surface area (Å²) in [6.07, 6.45) is 3.05. The van der Waals surface area contributed by atoms with Gasteiger partial charge in [-0.25, -0.2) is 0 Å². The summed E-state index contributed by atoms with van der Waals surface area (Å²) >= 11 is 0. The van der Waals surface area contributed by atoms with Crippen molar-refractivity contribution in [1.82, 2.24) is 0 Å². The molecule has 0 unspecified atom stereocenters. The van der Waals surface area contributed by atoms with E-state index >= 15 is 0 Å². The minimum absolute atomic E-state index is 0. The summed E-state index contributed by atoms with van der Waals surface area (Å²) in [6.45, 7) is 7.25. The number of hydrogen-bond donors (Lipinski definition) is 0. The van der Waals surface area contributed by atoms with Crippen molar-refractivity contribution in [3.8, 4) is 0 Å². The topological polar surface area (TPSA) is 44.8 Å². The van der Waals surface area contributed by atoms with Crippen molar-refractivity contribution in [2.24, 2.45) is 0 Å². The Hall–Kier alpha value is 0.264. The third-order valence-corrected chi connectivity index (χ3v) is 1.67. The summed E-state index contributed by atoms with van der Waals surface area (Å²) in [5.41, 5.74) is 0. The average molecular weight is 266 g/mol. The van der Waals surface area contributed by atoms with Gasteiger partial charge in [0.1, 0.15) is 0 Å². The molecule has 0 bridgehead atoms.